The highest BCUT2D eigenvalue weighted by Crippen LogP contribution is 2.38. The van der Waals surface area contributed by atoms with Crippen LogP contribution in [-0.2, 0) is 4.79 Å². The lowest BCUT2D eigenvalue weighted by molar-refractivity contribution is -0.134. The third-order valence-electron chi connectivity index (χ3n) is 2.44. The molecule has 0 amide bonds. The smallest absolute Gasteiger partial charge is 0.136 e. The highest BCUT2D eigenvalue weighted by atomic mass is 16.1. The van der Waals surface area contributed by atoms with Gasteiger partial charge in [-0.05, 0) is 18.8 Å². The van der Waals surface area contributed by atoms with E-state index in [9.17, 15) is 4.79 Å². The van der Waals surface area contributed by atoms with E-state index in [1.165, 1.54) is 0 Å². The van der Waals surface area contributed by atoms with E-state index in [1.54, 1.807) is 0 Å². The van der Waals surface area contributed by atoms with Crippen LogP contribution in [0.5, 0.6) is 0 Å². The number of carbonyl (C=O) groups is 1. The number of rotatable bonds is 0. The molecule has 1 fully saturated rings. The summed E-state index contributed by atoms with van der Waals surface area (Å²) in [4.78, 5) is 10.8. The number of hydrogen-bond donors (Lipinski definition) is 0. The summed E-state index contributed by atoms with van der Waals surface area (Å²) in [6.07, 6.45) is 7.36. The van der Waals surface area contributed by atoms with Crippen LogP contribution in [0.15, 0.2) is 12.2 Å². The molecule has 9 heavy (non-hydrogen) atoms. The van der Waals surface area contributed by atoms with E-state index in [1.807, 2.05) is 0 Å². The maximum absolute atomic E-state index is 10.8. The molecular weight excluding hydrogens is 112 g/mol. The second kappa shape index (κ2) is 1.69. The second-order valence-electron chi connectivity index (χ2n) is 2.98. The Labute approximate surface area is 54.8 Å². The van der Waals surface area contributed by atoms with Gasteiger partial charge in [0.25, 0.3) is 0 Å². The van der Waals surface area contributed by atoms with Crippen molar-refractivity contribution >= 4 is 5.78 Å². The van der Waals surface area contributed by atoms with E-state index in [4.69, 9.17) is 0 Å². The first-order valence-electron chi connectivity index (χ1n) is 3.55. The Morgan fingerprint density at radius 1 is 1.33 bits per heavy atom. The largest absolute Gasteiger partial charge is 0.299 e. The van der Waals surface area contributed by atoms with Gasteiger partial charge < -0.3 is 0 Å². The van der Waals surface area contributed by atoms with Crippen LogP contribution in [0.1, 0.15) is 19.3 Å². The zero-order valence-corrected chi connectivity index (χ0v) is 5.34. The van der Waals surface area contributed by atoms with Crippen LogP contribution in [-0.4, -0.2) is 5.78 Å². The average Bonchev–Trinajstić information content (AvgIpc) is 1.86. The van der Waals surface area contributed by atoms with E-state index in [2.05, 4.69) is 12.2 Å². The molecule has 2 rings (SSSR count). The van der Waals surface area contributed by atoms with Gasteiger partial charge in [0.05, 0.1) is 0 Å². The molecule has 2 atom stereocenters. The fourth-order valence-electron chi connectivity index (χ4n) is 1.74. The quantitative estimate of drug-likeness (QED) is 0.445. The first-order chi connectivity index (χ1) is 4.38. The van der Waals surface area contributed by atoms with E-state index >= 15 is 0 Å². The van der Waals surface area contributed by atoms with Gasteiger partial charge in [-0.1, -0.05) is 12.2 Å². The fraction of sp³-hybridized carbons (Fsp3) is 0.625. The first kappa shape index (κ1) is 5.21. The molecule has 2 aliphatic carbocycles. The average molecular weight is 122 g/mol. The van der Waals surface area contributed by atoms with Crippen molar-refractivity contribution in [2.45, 2.75) is 19.3 Å². The van der Waals surface area contributed by atoms with Gasteiger partial charge in [-0.25, -0.2) is 0 Å². The van der Waals surface area contributed by atoms with Gasteiger partial charge in [0.2, 0.25) is 0 Å². The molecule has 0 radical (unpaired) electrons. The van der Waals surface area contributed by atoms with Crippen molar-refractivity contribution < 1.29 is 4.79 Å². The van der Waals surface area contributed by atoms with Crippen molar-refractivity contribution in [1.29, 1.82) is 0 Å². The maximum Gasteiger partial charge on any atom is 0.136 e. The van der Waals surface area contributed by atoms with Crippen molar-refractivity contribution in [3.8, 4) is 0 Å². The summed E-state index contributed by atoms with van der Waals surface area (Å²) in [6.45, 7) is 0. The van der Waals surface area contributed by atoms with Crippen molar-refractivity contribution in [2.24, 2.45) is 11.8 Å². The van der Waals surface area contributed by atoms with Crippen molar-refractivity contribution in [3.63, 3.8) is 0 Å². The number of fused-ring (bicyclic) bond motifs is 1. The van der Waals surface area contributed by atoms with Crippen LogP contribution in [0.3, 0.4) is 0 Å². The molecule has 0 spiro atoms. The molecule has 2 unspecified atom stereocenters. The summed E-state index contributed by atoms with van der Waals surface area (Å²) >= 11 is 0. The maximum atomic E-state index is 10.8. The minimum absolute atomic E-state index is 0.426. The Bertz CT molecular complexity index is 169. The molecule has 1 heteroatoms. The Morgan fingerprint density at radius 3 is 2.67 bits per heavy atom. The predicted molar refractivity (Wildman–Crippen MR) is 35.0 cm³/mol. The summed E-state index contributed by atoms with van der Waals surface area (Å²) in [5.74, 6) is 1.64. The van der Waals surface area contributed by atoms with Crippen LogP contribution in [0.25, 0.3) is 0 Å². The molecule has 48 valence electrons. The molecule has 0 aromatic heterocycles. The van der Waals surface area contributed by atoms with Crippen LogP contribution >= 0.6 is 0 Å². The van der Waals surface area contributed by atoms with Gasteiger partial charge in [0, 0.05) is 12.3 Å². The zero-order valence-electron chi connectivity index (χ0n) is 5.34. The van der Waals surface area contributed by atoms with Gasteiger partial charge >= 0.3 is 0 Å². The summed E-state index contributed by atoms with van der Waals surface area (Å²) < 4.78 is 0. The zero-order chi connectivity index (χ0) is 6.27. The van der Waals surface area contributed by atoms with Gasteiger partial charge in [-0.3, -0.25) is 4.79 Å². The number of ketones is 1. The van der Waals surface area contributed by atoms with Crippen LogP contribution in [0, 0.1) is 11.8 Å². The highest BCUT2D eigenvalue weighted by Gasteiger charge is 2.38. The van der Waals surface area contributed by atoms with Crippen LogP contribution in [0.4, 0.5) is 0 Å². The molecule has 0 bridgehead atoms. The predicted octanol–water partition coefficient (Wildman–Crippen LogP) is 1.54. The van der Waals surface area contributed by atoms with Gasteiger partial charge in [0.15, 0.2) is 0 Å². The Balaban J connectivity index is 2.12. The van der Waals surface area contributed by atoms with Crippen molar-refractivity contribution in [1.82, 2.24) is 0 Å². The number of allylic oxidation sites excluding steroid dienone is 2. The van der Waals surface area contributed by atoms with Gasteiger partial charge in [-0.2, -0.15) is 0 Å². The number of Topliss-reactive ketones (excluding diaryl/α,β-unsaturated/α-hetero) is 1. The Hall–Kier alpha value is -0.590. The van der Waals surface area contributed by atoms with Crippen LogP contribution < -0.4 is 0 Å². The van der Waals surface area contributed by atoms with Crippen molar-refractivity contribution in [2.75, 3.05) is 0 Å². The highest BCUT2D eigenvalue weighted by molar-refractivity contribution is 5.87. The lowest BCUT2D eigenvalue weighted by Gasteiger charge is -2.35. The Kier molecular flexibility index (Phi) is 0.981. The minimum Gasteiger partial charge on any atom is -0.299 e. The third-order valence-corrected chi connectivity index (χ3v) is 2.44. The minimum atomic E-state index is 0.426. The molecule has 2 aliphatic rings. The van der Waals surface area contributed by atoms with Gasteiger partial charge in [-0.15, -0.1) is 0 Å². The SMILES string of the molecule is O=C1CC2CC=CCC12. The molecule has 0 N–H and O–H groups in total. The molecule has 0 aliphatic heterocycles. The summed E-state index contributed by atoms with van der Waals surface area (Å²) in [5, 5.41) is 0. The summed E-state index contributed by atoms with van der Waals surface area (Å²) in [5.41, 5.74) is 0. The second-order valence-corrected chi connectivity index (χ2v) is 2.98. The van der Waals surface area contributed by atoms with E-state index < -0.39 is 0 Å². The normalized spacial score (nSPS) is 39.8. The van der Waals surface area contributed by atoms with Crippen LogP contribution in [0.2, 0.25) is 0 Å². The molecule has 1 saturated carbocycles. The molecule has 0 heterocycles. The lowest BCUT2D eigenvalue weighted by Crippen LogP contribution is -2.37. The first-order valence-corrected chi connectivity index (χ1v) is 3.55. The van der Waals surface area contributed by atoms with E-state index in [0.717, 1.165) is 25.2 Å². The van der Waals surface area contributed by atoms with Gasteiger partial charge in [0.1, 0.15) is 5.78 Å². The third kappa shape index (κ3) is 0.640. The number of hydrogen-bond acceptors (Lipinski definition) is 1. The molecule has 0 aromatic carbocycles. The standard InChI is InChI=1S/C8H10O/c9-8-5-6-3-1-2-4-7(6)8/h1-2,6-7H,3-5H2. The molecule has 0 saturated heterocycles. The summed E-state index contributed by atoms with van der Waals surface area (Å²) in [6, 6.07) is 0. The van der Waals surface area contributed by atoms with Crippen molar-refractivity contribution in [3.05, 3.63) is 12.2 Å². The molecule has 1 nitrogen and oxygen atoms in total. The van der Waals surface area contributed by atoms with E-state index in [0.29, 0.717) is 11.7 Å². The lowest BCUT2D eigenvalue weighted by atomic mass is 9.67. The number of carbonyl (C=O) groups excluding carboxylic acids is 1. The summed E-state index contributed by atoms with van der Waals surface area (Å²) in [7, 11) is 0. The topological polar surface area (TPSA) is 17.1 Å². The monoisotopic (exact) mass is 122 g/mol. The molecule has 0 aromatic rings. The Morgan fingerprint density at radius 2 is 2.11 bits per heavy atom. The van der Waals surface area contributed by atoms with E-state index in [-0.39, 0.29) is 0 Å². The molecular formula is C8H10O. The fourth-order valence-corrected chi connectivity index (χ4v) is 1.74.